The number of rotatable bonds is 49. The summed E-state index contributed by atoms with van der Waals surface area (Å²) in [5.74, 6) is 0.613. The molecule has 1 unspecified atom stereocenters. The fraction of sp³-hybridized carbons (Fsp3) is 0.946. The first-order valence-electron chi connectivity index (χ1n) is 28.5. The van der Waals surface area contributed by atoms with Crippen LogP contribution >= 0.6 is 0 Å². The lowest BCUT2D eigenvalue weighted by Gasteiger charge is -2.29. The van der Waals surface area contributed by atoms with Crippen molar-refractivity contribution in [1.82, 2.24) is 15.1 Å². The Kier molecular flexibility index (Phi) is 43.4. The molecule has 0 aliphatic heterocycles. The van der Waals surface area contributed by atoms with Crippen molar-refractivity contribution >= 4 is 17.8 Å². The van der Waals surface area contributed by atoms with E-state index in [-0.39, 0.29) is 30.4 Å². The first-order valence-corrected chi connectivity index (χ1v) is 28.5. The maximum atomic E-state index is 12.9. The molecular weight excluding hydrogens is 811 g/mol. The van der Waals surface area contributed by atoms with Gasteiger partial charge in [-0.1, -0.05) is 169 Å². The van der Waals surface area contributed by atoms with Gasteiger partial charge in [-0.3, -0.25) is 14.4 Å². The molecule has 2 N–H and O–H groups in total. The molecule has 0 saturated heterocycles. The van der Waals surface area contributed by atoms with Gasteiger partial charge in [-0.2, -0.15) is 0 Å². The topological polar surface area (TPSA) is 108 Å². The average Bonchev–Trinajstić information content (AvgIpc) is 3.85. The van der Waals surface area contributed by atoms with Gasteiger partial charge >= 0.3 is 11.9 Å². The lowest BCUT2D eigenvalue weighted by Crippen LogP contribution is -2.36. The van der Waals surface area contributed by atoms with Crippen molar-refractivity contribution in [3.63, 3.8) is 0 Å². The number of aliphatic hydroxyl groups is 1. The fourth-order valence-electron chi connectivity index (χ4n) is 9.71. The largest absolute Gasteiger partial charge is 0.465 e. The van der Waals surface area contributed by atoms with Gasteiger partial charge in [-0.05, 0) is 109 Å². The highest BCUT2D eigenvalue weighted by Crippen LogP contribution is 2.25. The summed E-state index contributed by atoms with van der Waals surface area (Å²) in [4.78, 5) is 43.1. The molecule has 1 aliphatic carbocycles. The molecule has 0 aromatic carbocycles. The molecule has 1 amide bonds. The van der Waals surface area contributed by atoms with Crippen LogP contribution in [-0.4, -0.2) is 97.9 Å². The maximum absolute atomic E-state index is 12.9. The molecule has 0 heterocycles. The lowest BCUT2D eigenvalue weighted by molar-refractivity contribution is -0.149. The molecule has 384 valence electrons. The third-order valence-electron chi connectivity index (χ3n) is 14.1. The summed E-state index contributed by atoms with van der Waals surface area (Å²) in [6.07, 6.45) is 42.0. The van der Waals surface area contributed by atoms with Gasteiger partial charge < -0.3 is 29.7 Å². The number of nitrogens with one attached hydrogen (secondary N) is 1. The summed E-state index contributed by atoms with van der Waals surface area (Å²) < 4.78 is 11.4. The van der Waals surface area contributed by atoms with Crippen LogP contribution in [-0.2, 0) is 23.9 Å². The highest BCUT2D eigenvalue weighted by atomic mass is 16.5. The zero-order chi connectivity index (χ0) is 47.3. The molecule has 1 aliphatic rings. The van der Waals surface area contributed by atoms with Crippen molar-refractivity contribution in [2.45, 2.75) is 271 Å². The van der Waals surface area contributed by atoms with E-state index < -0.39 is 0 Å². The Balaban J connectivity index is 2.48. The molecule has 0 bridgehead atoms. The average molecular weight is 921 g/mol. The van der Waals surface area contributed by atoms with E-state index in [4.69, 9.17) is 9.47 Å². The Hall–Kier alpha value is -1.71. The Morgan fingerprint density at radius 2 is 0.892 bits per heavy atom. The second kappa shape index (κ2) is 46.0. The molecule has 1 atom stereocenters. The molecule has 9 nitrogen and oxygen atoms in total. The van der Waals surface area contributed by atoms with E-state index in [1.807, 2.05) is 0 Å². The number of aliphatic hydroxyl groups excluding tert-OH is 1. The van der Waals surface area contributed by atoms with E-state index in [9.17, 15) is 19.5 Å². The number of unbranched alkanes of at least 4 members (excludes halogenated alkanes) is 20. The van der Waals surface area contributed by atoms with E-state index in [0.29, 0.717) is 51.0 Å². The number of carbonyl (C=O) groups excluding carboxylic acids is 3. The Morgan fingerprint density at radius 3 is 1.43 bits per heavy atom. The molecule has 65 heavy (non-hydrogen) atoms. The highest BCUT2D eigenvalue weighted by molar-refractivity contribution is 5.75. The summed E-state index contributed by atoms with van der Waals surface area (Å²) in [6.45, 7) is 15.5. The molecule has 0 radical (unpaired) electrons. The highest BCUT2D eigenvalue weighted by Gasteiger charge is 2.22. The minimum Gasteiger partial charge on any atom is -0.465 e. The Morgan fingerprint density at radius 1 is 0.492 bits per heavy atom. The van der Waals surface area contributed by atoms with Crippen LogP contribution in [0, 0.1) is 11.8 Å². The van der Waals surface area contributed by atoms with Crippen LogP contribution in [0.5, 0.6) is 0 Å². The van der Waals surface area contributed by atoms with Crippen molar-refractivity contribution in [2.75, 3.05) is 59.1 Å². The van der Waals surface area contributed by atoms with Gasteiger partial charge in [0.1, 0.15) is 0 Å². The smallest absolute Gasteiger partial charge is 0.305 e. The van der Waals surface area contributed by atoms with E-state index in [2.05, 4.69) is 42.8 Å². The van der Waals surface area contributed by atoms with Crippen molar-refractivity contribution in [3.8, 4) is 0 Å². The van der Waals surface area contributed by atoms with Crippen molar-refractivity contribution in [1.29, 1.82) is 0 Å². The molecule has 1 fully saturated rings. The van der Waals surface area contributed by atoms with Crippen LogP contribution in [0.3, 0.4) is 0 Å². The number of ether oxygens (including phenoxy) is 2. The Bertz CT molecular complexity index is 1040. The summed E-state index contributed by atoms with van der Waals surface area (Å²) in [5, 5.41) is 13.2. The van der Waals surface area contributed by atoms with Gasteiger partial charge in [0.25, 0.3) is 0 Å². The molecule has 0 spiro atoms. The number of hydrogen-bond donors (Lipinski definition) is 2. The first kappa shape index (κ1) is 61.3. The fourth-order valence-corrected chi connectivity index (χ4v) is 9.71. The van der Waals surface area contributed by atoms with Gasteiger partial charge in [0.05, 0.1) is 19.8 Å². The number of carbonyl (C=O) groups is 3. The van der Waals surface area contributed by atoms with Gasteiger partial charge in [0.15, 0.2) is 0 Å². The lowest BCUT2D eigenvalue weighted by atomic mass is 9.94. The quantitative estimate of drug-likeness (QED) is 0.0459. The van der Waals surface area contributed by atoms with Gasteiger partial charge in [-0.15, -0.1) is 0 Å². The third-order valence-corrected chi connectivity index (χ3v) is 14.1. The van der Waals surface area contributed by atoms with E-state index in [0.717, 1.165) is 123 Å². The number of nitrogens with zero attached hydrogens (tertiary/aromatic N) is 2. The minimum absolute atomic E-state index is 0.00954. The molecular formula is C56H109N3O6. The second-order valence-electron chi connectivity index (χ2n) is 20.2. The van der Waals surface area contributed by atoms with Crippen molar-refractivity contribution < 1.29 is 29.0 Å². The number of hydrogen-bond acceptors (Lipinski definition) is 8. The van der Waals surface area contributed by atoms with E-state index in [1.54, 1.807) is 0 Å². The molecule has 1 rings (SSSR count). The normalized spacial score (nSPS) is 13.7. The van der Waals surface area contributed by atoms with Crippen LogP contribution in [0.2, 0.25) is 0 Å². The van der Waals surface area contributed by atoms with Crippen molar-refractivity contribution in [3.05, 3.63) is 0 Å². The van der Waals surface area contributed by atoms with E-state index >= 15 is 0 Å². The maximum Gasteiger partial charge on any atom is 0.305 e. The predicted molar refractivity (Wildman–Crippen MR) is 274 cm³/mol. The van der Waals surface area contributed by atoms with Gasteiger partial charge in [0.2, 0.25) is 5.91 Å². The summed E-state index contributed by atoms with van der Waals surface area (Å²) >= 11 is 0. The number of amides is 1. The third kappa shape index (κ3) is 37.9. The van der Waals surface area contributed by atoms with Crippen LogP contribution in [0.25, 0.3) is 0 Å². The summed E-state index contributed by atoms with van der Waals surface area (Å²) in [6, 6.07) is 0.704. The zero-order valence-corrected chi connectivity index (χ0v) is 43.6. The molecule has 1 saturated carbocycles. The van der Waals surface area contributed by atoms with Crippen LogP contribution < -0.4 is 5.32 Å². The number of esters is 2. The molecule has 9 heteroatoms. The monoisotopic (exact) mass is 920 g/mol. The van der Waals surface area contributed by atoms with E-state index in [1.165, 1.54) is 128 Å². The first-order chi connectivity index (χ1) is 31.9. The SMILES string of the molecule is CCCCCCCCC(CCCCCC)CNC(=O)CCCCCN(CCCCN(CCO)CCCCC(COC(=O)CCCCCCC)COC(=O)CCCCCCC)C1CCCC1. The van der Waals surface area contributed by atoms with Crippen LogP contribution in [0.4, 0.5) is 0 Å². The molecule has 0 aromatic rings. The summed E-state index contributed by atoms with van der Waals surface area (Å²) in [7, 11) is 0. The Labute approximate surface area is 402 Å². The second-order valence-corrected chi connectivity index (χ2v) is 20.2. The molecule has 0 aromatic heterocycles. The van der Waals surface area contributed by atoms with Crippen molar-refractivity contribution in [2.24, 2.45) is 11.8 Å². The van der Waals surface area contributed by atoms with Crippen LogP contribution in [0.15, 0.2) is 0 Å². The summed E-state index contributed by atoms with van der Waals surface area (Å²) in [5.41, 5.74) is 0. The van der Waals surface area contributed by atoms with Gasteiger partial charge in [-0.25, -0.2) is 0 Å². The predicted octanol–water partition coefficient (Wildman–Crippen LogP) is 13.9. The zero-order valence-electron chi connectivity index (χ0n) is 43.6. The van der Waals surface area contributed by atoms with Crippen LogP contribution in [0.1, 0.15) is 265 Å². The minimum atomic E-state index is -0.139. The van der Waals surface area contributed by atoms with Gasteiger partial charge in [0, 0.05) is 44.3 Å². The standard InChI is InChI=1S/C56H109N3O6/c1-5-9-13-17-20-23-35-51(34-22-16-12-8-4)48-57-54(61)39-24-21-30-44-59(53-37-27-28-38-53)45-33-32-43-58(46-47-60)42-31-29-36-52(49-64-55(62)40-25-18-14-10-6-2)50-65-56(63)41-26-19-15-11-7-3/h51-53,60H,5-50H2,1-4H3,(H,57,61).